The Balaban J connectivity index is 2.78. The predicted molar refractivity (Wildman–Crippen MR) is 72.9 cm³/mol. The van der Waals surface area contributed by atoms with Crippen LogP contribution in [0.3, 0.4) is 0 Å². The zero-order valence-electron chi connectivity index (χ0n) is 11.7. The Hall–Kier alpha value is -2.19. The summed E-state index contributed by atoms with van der Waals surface area (Å²) in [4.78, 5) is 24.0. The number of aromatic carboxylic acids is 1. The van der Waals surface area contributed by atoms with Crippen LogP contribution in [0.2, 0.25) is 0 Å². The van der Waals surface area contributed by atoms with Crippen molar-refractivity contribution in [1.29, 1.82) is 0 Å². The van der Waals surface area contributed by atoms with Crippen molar-refractivity contribution in [2.24, 2.45) is 0 Å². The largest absolute Gasteiger partial charge is 0.478 e. The molecule has 8 heteroatoms. The molecule has 7 nitrogen and oxygen atoms in total. The number of anilines is 1. The van der Waals surface area contributed by atoms with E-state index < -0.39 is 23.9 Å². The molecule has 0 spiro atoms. The monoisotopic (exact) mass is 300 g/mol. The summed E-state index contributed by atoms with van der Waals surface area (Å²) < 4.78 is 17.9. The molecule has 0 radical (unpaired) electrons. The number of rotatable bonds is 6. The van der Waals surface area contributed by atoms with E-state index >= 15 is 0 Å². The van der Waals surface area contributed by atoms with Crippen LogP contribution < -0.4 is 5.32 Å². The van der Waals surface area contributed by atoms with Crippen LogP contribution in [0, 0.1) is 5.82 Å². The lowest BCUT2D eigenvalue weighted by molar-refractivity contribution is 0.0501. The zero-order valence-corrected chi connectivity index (χ0v) is 11.7. The van der Waals surface area contributed by atoms with Gasteiger partial charge in [-0.25, -0.2) is 14.0 Å². The maximum Gasteiger partial charge on any atom is 0.337 e. The van der Waals surface area contributed by atoms with Gasteiger partial charge in [0.1, 0.15) is 5.82 Å². The number of benzene rings is 1. The molecule has 0 bridgehead atoms. The van der Waals surface area contributed by atoms with Crippen LogP contribution in [0.4, 0.5) is 14.9 Å². The highest BCUT2D eigenvalue weighted by atomic mass is 19.1. The van der Waals surface area contributed by atoms with E-state index in [0.717, 1.165) is 23.1 Å². The molecule has 3 N–H and O–H groups in total. The van der Waals surface area contributed by atoms with Crippen LogP contribution in [-0.2, 0) is 4.74 Å². The van der Waals surface area contributed by atoms with Gasteiger partial charge in [0.15, 0.2) is 0 Å². The van der Waals surface area contributed by atoms with E-state index in [1.54, 1.807) is 0 Å². The summed E-state index contributed by atoms with van der Waals surface area (Å²) in [6.07, 6.45) is -0.878. The second-order valence-electron chi connectivity index (χ2n) is 4.41. The molecule has 2 amide bonds. The average Bonchev–Trinajstić information content (AvgIpc) is 2.38. The molecule has 0 aliphatic heterocycles. The number of aliphatic hydroxyl groups excluding tert-OH is 1. The minimum atomic E-state index is -1.28. The third-order valence-electron chi connectivity index (χ3n) is 2.64. The SMILES string of the molecule is COCC(O)CN(C)C(=O)Nc1cc(F)ccc1C(=O)O. The topological polar surface area (TPSA) is 99.1 Å². The number of carboxylic acid groups (broad SMARTS) is 1. The number of urea groups is 1. The molecule has 1 unspecified atom stereocenters. The van der Waals surface area contributed by atoms with Gasteiger partial charge >= 0.3 is 12.0 Å². The quantitative estimate of drug-likeness (QED) is 0.728. The lowest BCUT2D eigenvalue weighted by atomic mass is 10.2. The number of ether oxygens (including phenoxy) is 1. The van der Waals surface area contributed by atoms with Crippen molar-refractivity contribution in [3.63, 3.8) is 0 Å². The Morgan fingerprint density at radius 2 is 2.14 bits per heavy atom. The summed E-state index contributed by atoms with van der Waals surface area (Å²) in [5.74, 6) is -1.95. The molecule has 0 heterocycles. The van der Waals surface area contributed by atoms with Crippen molar-refractivity contribution in [3.05, 3.63) is 29.6 Å². The average molecular weight is 300 g/mol. The molecule has 21 heavy (non-hydrogen) atoms. The van der Waals surface area contributed by atoms with Crippen LogP contribution in [0.5, 0.6) is 0 Å². The van der Waals surface area contributed by atoms with Crippen LogP contribution >= 0.6 is 0 Å². The lowest BCUT2D eigenvalue weighted by Gasteiger charge is -2.21. The first-order valence-electron chi connectivity index (χ1n) is 6.07. The highest BCUT2D eigenvalue weighted by molar-refractivity contribution is 5.99. The van der Waals surface area contributed by atoms with Crippen LogP contribution in [0.15, 0.2) is 18.2 Å². The van der Waals surface area contributed by atoms with Crippen LogP contribution in [-0.4, -0.2) is 60.5 Å². The molecule has 1 atom stereocenters. The van der Waals surface area contributed by atoms with E-state index in [-0.39, 0.29) is 24.4 Å². The van der Waals surface area contributed by atoms with Gasteiger partial charge in [0.25, 0.3) is 0 Å². The fourth-order valence-electron chi connectivity index (χ4n) is 1.66. The highest BCUT2D eigenvalue weighted by Crippen LogP contribution is 2.17. The van der Waals surface area contributed by atoms with Gasteiger partial charge in [-0.05, 0) is 18.2 Å². The maximum atomic E-state index is 13.2. The standard InChI is InChI=1S/C13H17FN2O5/c1-16(6-9(17)7-21-2)13(20)15-11-5-8(14)3-4-10(11)12(18)19/h3-5,9,17H,6-7H2,1-2H3,(H,15,20)(H,18,19). The van der Waals surface area contributed by atoms with E-state index in [1.807, 2.05) is 0 Å². The first kappa shape index (κ1) is 16.9. The highest BCUT2D eigenvalue weighted by Gasteiger charge is 2.17. The Morgan fingerprint density at radius 3 is 2.71 bits per heavy atom. The lowest BCUT2D eigenvalue weighted by Crippen LogP contribution is -2.39. The molecule has 0 aromatic heterocycles. The summed E-state index contributed by atoms with van der Waals surface area (Å²) in [6, 6.07) is 2.30. The molecular weight excluding hydrogens is 283 g/mol. The number of carboxylic acids is 1. The number of methoxy groups -OCH3 is 1. The van der Waals surface area contributed by atoms with Crippen molar-refractivity contribution >= 4 is 17.7 Å². The number of amides is 2. The number of likely N-dealkylation sites (N-methyl/N-ethyl adjacent to an activating group) is 1. The summed E-state index contributed by atoms with van der Waals surface area (Å²) in [7, 11) is 2.82. The van der Waals surface area contributed by atoms with Gasteiger partial charge in [0.2, 0.25) is 0 Å². The van der Waals surface area contributed by atoms with Gasteiger partial charge in [-0.1, -0.05) is 0 Å². The normalized spacial score (nSPS) is 11.8. The molecule has 0 saturated carbocycles. The maximum absolute atomic E-state index is 13.2. The minimum Gasteiger partial charge on any atom is -0.478 e. The van der Waals surface area contributed by atoms with Crippen molar-refractivity contribution in [3.8, 4) is 0 Å². The second-order valence-corrected chi connectivity index (χ2v) is 4.41. The van der Waals surface area contributed by atoms with E-state index in [4.69, 9.17) is 9.84 Å². The fourth-order valence-corrected chi connectivity index (χ4v) is 1.66. The number of nitrogens with one attached hydrogen (secondary N) is 1. The first-order valence-corrected chi connectivity index (χ1v) is 6.07. The smallest absolute Gasteiger partial charge is 0.337 e. The number of hydrogen-bond acceptors (Lipinski definition) is 4. The van der Waals surface area contributed by atoms with Gasteiger partial charge in [-0.2, -0.15) is 0 Å². The molecule has 0 saturated heterocycles. The predicted octanol–water partition coefficient (Wildman–Crippen LogP) is 0.995. The van der Waals surface area contributed by atoms with E-state index in [0.29, 0.717) is 0 Å². The van der Waals surface area contributed by atoms with Gasteiger partial charge in [0, 0.05) is 14.2 Å². The van der Waals surface area contributed by atoms with Crippen molar-refractivity contribution in [2.45, 2.75) is 6.10 Å². The first-order chi connectivity index (χ1) is 9.85. The van der Waals surface area contributed by atoms with Crippen LogP contribution in [0.1, 0.15) is 10.4 Å². The summed E-state index contributed by atoms with van der Waals surface area (Å²) in [6.45, 7) is 0.0371. The fraction of sp³-hybridized carbons (Fsp3) is 0.385. The molecule has 0 aliphatic carbocycles. The van der Waals surface area contributed by atoms with Crippen molar-refractivity contribution in [2.75, 3.05) is 32.6 Å². The molecule has 1 aromatic rings. The third-order valence-corrected chi connectivity index (χ3v) is 2.64. The Bertz CT molecular complexity index is 523. The number of carbonyl (C=O) groups excluding carboxylic acids is 1. The van der Waals surface area contributed by atoms with Crippen LogP contribution in [0.25, 0.3) is 0 Å². The molecule has 1 aromatic carbocycles. The Labute approximate surface area is 120 Å². The number of hydrogen-bond donors (Lipinski definition) is 3. The number of aliphatic hydroxyl groups is 1. The molecular formula is C13H17FN2O5. The summed E-state index contributed by atoms with van der Waals surface area (Å²) in [5, 5.41) is 20.8. The minimum absolute atomic E-state index is 0.0165. The molecule has 0 fully saturated rings. The van der Waals surface area contributed by atoms with Crippen molar-refractivity contribution in [1.82, 2.24) is 4.90 Å². The number of halogens is 1. The van der Waals surface area contributed by atoms with E-state index in [9.17, 15) is 19.1 Å². The van der Waals surface area contributed by atoms with Gasteiger partial charge in [-0.3, -0.25) is 0 Å². The Kier molecular flexibility index (Phi) is 6.07. The molecule has 0 aliphatic rings. The van der Waals surface area contributed by atoms with Gasteiger partial charge in [-0.15, -0.1) is 0 Å². The van der Waals surface area contributed by atoms with E-state index in [1.165, 1.54) is 14.2 Å². The van der Waals surface area contributed by atoms with Gasteiger partial charge in [0.05, 0.1) is 30.5 Å². The summed E-state index contributed by atoms with van der Waals surface area (Å²) in [5.41, 5.74) is -0.379. The second kappa shape index (κ2) is 7.55. The zero-order chi connectivity index (χ0) is 16.0. The Morgan fingerprint density at radius 1 is 1.48 bits per heavy atom. The molecule has 1 rings (SSSR count). The molecule has 116 valence electrons. The van der Waals surface area contributed by atoms with E-state index in [2.05, 4.69) is 5.32 Å². The number of carbonyl (C=O) groups is 2. The van der Waals surface area contributed by atoms with Crippen molar-refractivity contribution < 1.29 is 28.9 Å². The summed E-state index contributed by atoms with van der Waals surface area (Å²) >= 11 is 0. The number of nitrogens with zero attached hydrogens (tertiary/aromatic N) is 1. The third kappa shape index (κ3) is 5.01. The van der Waals surface area contributed by atoms with Gasteiger partial charge < -0.3 is 25.2 Å².